The third-order valence-corrected chi connectivity index (χ3v) is 9.20. The van der Waals surface area contributed by atoms with Crippen molar-refractivity contribution < 1.29 is 8.91 Å². The lowest BCUT2D eigenvalue weighted by Crippen LogP contribution is -2.46. The van der Waals surface area contributed by atoms with Crippen molar-refractivity contribution in [3.05, 3.63) is 0 Å². The van der Waals surface area contributed by atoms with E-state index in [4.69, 9.17) is 4.12 Å². The normalized spacial score (nSPS) is 13.9. The van der Waals surface area contributed by atoms with Crippen LogP contribution in [0.4, 0.5) is 0 Å². The van der Waals surface area contributed by atoms with Gasteiger partial charge in [0.05, 0.1) is 0 Å². The zero-order valence-electron chi connectivity index (χ0n) is 9.14. The van der Waals surface area contributed by atoms with Gasteiger partial charge in [-0.25, -0.2) is 0 Å². The van der Waals surface area contributed by atoms with E-state index in [0.29, 0.717) is 5.54 Å². The minimum atomic E-state index is -2.31. The van der Waals surface area contributed by atoms with E-state index in [9.17, 15) is 4.80 Å². The molecule has 2 nitrogen and oxygen atoms in total. The van der Waals surface area contributed by atoms with Crippen molar-refractivity contribution in [2.24, 2.45) is 0 Å². The topological polar surface area (TPSA) is 29.5 Å². The van der Waals surface area contributed by atoms with Crippen LogP contribution in [0, 0.1) is 0 Å². The van der Waals surface area contributed by atoms with Crippen LogP contribution >= 0.6 is 0 Å². The minimum absolute atomic E-state index is 0. The Labute approximate surface area is 93.1 Å². The summed E-state index contributed by atoms with van der Waals surface area (Å²) in [6, 6.07) is 0. The molecule has 1 unspecified atom stereocenters. The van der Waals surface area contributed by atoms with Crippen LogP contribution in [0.1, 0.15) is 35.1 Å². The van der Waals surface area contributed by atoms with Gasteiger partial charge in [0.25, 0.3) is 0 Å². The third kappa shape index (κ3) is 7.73. The molecule has 0 aliphatic carbocycles. The van der Waals surface area contributed by atoms with E-state index in [1.807, 2.05) is 13.1 Å². The number of hydrogen-bond donors (Lipinski definition) is 1. The van der Waals surface area contributed by atoms with Crippen molar-refractivity contribution in [3.8, 4) is 0 Å². The lowest BCUT2D eigenvalue weighted by atomic mass is 10.4. The second-order valence-electron chi connectivity index (χ2n) is 4.46. The largest absolute Gasteiger partial charge is 0.436 e. The van der Waals surface area contributed by atoms with Crippen LogP contribution in [0.5, 0.6) is 0 Å². The molecule has 0 saturated carbocycles. The fraction of sp³-hybridized carbons (Fsp3) is 1.00. The smallest absolute Gasteiger partial charge is 0.318 e. The second kappa shape index (κ2) is 6.77. The summed E-state index contributed by atoms with van der Waals surface area (Å²) in [7, 11) is -3.94. The highest BCUT2D eigenvalue weighted by atomic mass is 28.4. The predicted molar refractivity (Wildman–Crippen MR) is 71.4 cm³/mol. The summed E-state index contributed by atoms with van der Waals surface area (Å²) in [5.74, 6) is 0. The van der Waals surface area contributed by atoms with Gasteiger partial charge in [-0.05, 0) is 31.7 Å². The van der Waals surface area contributed by atoms with Gasteiger partial charge in [-0.15, -0.1) is 0 Å². The van der Waals surface area contributed by atoms with Crippen molar-refractivity contribution in [2.75, 3.05) is 0 Å². The van der Waals surface area contributed by atoms with Gasteiger partial charge in [-0.2, -0.15) is 0 Å². The highest BCUT2D eigenvalue weighted by Gasteiger charge is 2.35. The van der Waals surface area contributed by atoms with Crippen LogP contribution in [-0.2, 0) is 4.12 Å². The maximum absolute atomic E-state index is 9.65. The zero-order valence-corrected chi connectivity index (χ0v) is 11.1. The molecule has 0 amide bonds. The monoisotopic (exact) mass is 238 g/mol. The molecule has 0 rings (SSSR count). The average molecular weight is 239 g/mol. The molecular weight excluding hydrogens is 208 g/mol. The molecule has 0 fully saturated rings. The maximum Gasteiger partial charge on any atom is 0.318 e. The zero-order chi connectivity index (χ0) is 9.99. The van der Waals surface area contributed by atoms with E-state index in [-0.39, 0.29) is 14.9 Å². The second-order valence-corrected chi connectivity index (χ2v) is 12.4. The van der Waals surface area contributed by atoms with Gasteiger partial charge in [0.2, 0.25) is 0 Å². The first-order chi connectivity index (χ1) is 5.19. The van der Waals surface area contributed by atoms with E-state index in [1.54, 1.807) is 0 Å². The summed E-state index contributed by atoms with van der Waals surface area (Å²) in [5.41, 5.74) is 0.622. The van der Waals surface area contributed by atoms with Crippen molar-refractivity contribution in [1.82, 2.24) is 0 Å². The number of hydrogen-bond acceptors (Lipinski definition) is 2. The lowest BCUT2D eigenvalue weighted by molar-refractivity contribution is 0.378. The molecule has 0 heterocycles. The van der Waals surface area contributed by atoms with Crippen LogP contribution in [0.25, 0.3) is 0 Å². The first-order valence-corrected chi connectivity index (χ1v) is 10.5. The molecule has 14 heavy (non-hydrogen) atoms. The molecular formula is C10H30O2Si2. The van der Waals surface area contributed by atoms with Crippen LogP contribution in [0.15, 0.2) is 0 Å². The van der Waals surface area contributed by atoms with Crippen LogP contribution in [0.3, 0.4) is 0 Å². The van der Waals surface area contributed by atoms with Gasteiger partial charge in [0, 0.05) is 0 Å². The van der Waals surface area contributed by atoms with E-state index in [2.05, 4.69) is 26.9 Å². The first kappa shape index (κ1) is 19.9. The molecule has 1 N–H and O–H groups in total. The summed E-state index contributed by atoms with van der Waals surface area (Å²) in [6.07, 6.45) is 1.14. The highest BCUT2D eigenvalue weighted by molar-refractivity contribution is 6.82. The molecule has 0 aromatic carbocycles. The molecule has 0 saturated heterocycles. The highest BCUT2D eigenvalue weighted by Crippen LogP contribution is 2.27. The fourth-order valence-corrected chi connectivity index (χ4v) is 8.17. The summed E-state index contributed by atoms with van der Waals surface area (Å²) in [4.78, 5) is 9.65. The van der Waals surface area contributed by atoms with E-state index in [1.165, 1.54) is 0 Å². The Morgan fingerprint density at radius 1 is 1.14 bits per heavy atom. The van der Waals surface area contributed by atoms with E-state index >= 15 is 0 Å². The predicted octanol–water partition coefficient (Wildman–Crippen LogP) is 3.97. The SMILES string of the molecule is C.C.CCC(C)[Si](C)(C)O[Si](C)(C)O. The Balaban J connectivity index is -0.000000605. The molecule has 0 spiro atoms. The van der Waals surface area contributed by atoms with Crippen LogP contribution < -0.4 is 0 Å². The molecule has 4 heteroatoms. The lowest BCUT2D eigenvalue weighted by Gasteiger charge is -2.34. The Bertz CT molecular complexity index is 142. The maximum atomic E-state index is 9.65. The molecule has 0 aliphatic rings. The minimum Gasteiger partial charge on any atom is -0.436 e. The Morgan fingerprint density at radius 2 is 1.50 bits per heavy atom. The fourth-order valence-electron chi connectivity index (χ4n) is 1.24. The van der Waals surface area contributed by atoms with Gasteiger partial charge in [-0.1, -0.05) is 35.1 Å². The van der Waals surface area contributed by atoms with Gasteiger partial charge in [-0.3, -0.25) is 0 Å². The average Bonchev–Trinajstić information content (AvgIpc) is 1.80. The van der Waals surface area contributed by atoms with Gasteiger partial charge >= 0.3 is 8.56 Å². The Kier molecular flexibility index (Phi) is 9.60. The molecule has 90 valence electrons. The first-order valence-electron chi connectivity index (χ1n) is 4.61. The molecule has 0 radical (unpaired) electrons. The van der Waals surface area contributed by atoms with Crippen LogP contribution in [0.2, 0.25) is 31.7 Å². The van der Waals surface area contributed by atoms with Gasteiger partial charge in [0.1, 0.15) is 0 Å². The van der Waals surface area contributed by atoms with E-state index < -0.39 is 16.9 Å². The van der Waals surface area contributed by atoms with E-state index in [0.717, 1.165) is 6.42 Å². The van der Waals surface area contributed by atoms with Crippen molar-refractivity contribution >= 4 is 16.9 Å². The Morgan fingerprint density at radius 3 is 1.71 bits per heavy atom. The summed E-state index contributed by atoms with van der Waals surface area (Å²) < 4.78 is 5.81. The third-order valence-electron chi connectivity index (χ3n) is 2.31. The standard InChI is InChI=1S/C8H22O2Si2.2CH4/c1-7-8(2)11(3,4)10-12(5,6)9;;/h8-9H,7H2,1-6H3;2*1H4. The summed E-state index contributed by atoms with van der Waals surface area (Å²) in [6.45, 7) is 12.4. The molecule has 0 aromatic heterocycles. The van der Waals surface area contributed by atoms with Crippen molar-refractivity contribution in [2.45, 2.75) is 66.9 Å². The summed E-state index contributed by atoms with van der Waals surface area (Å²) >= 11 is 0. The van der Waals surface area contributed by atoms with Crippen LogP contribution in [-0.4, -0.2) is 21.7 Å². The quantitative estimate of drug-likeness (QED) is 0.751. The van der Waals surface area contributed by atoms with Gasteiger partial charge in [0.15, 0.2) is 8.32 Å². The molecule has 0 aromatic rings. The molecule has 0 aliphatic heterocycles. The van der Waals surface area contributed by atoms with Crippen molar-refractivity contribution in [1.29, 1.82) is 0 Å². The Hall–Kier alpha value is 0.354. The molecule has 0 bridgehead atoms. The summed E-state index contributed by atoms with van der Waals surface area (Å²) in [5, 5.41) is 0. The molecule has 1 atom stereocenters. The number of rotatable bonds is 4. The van der Waals surface area contributed by atoms with Crippen molar-refractivity contribution in [3.63, 3.8) is 0 Å². The van der Waals surface area contributed by atoms with Gasteiger partial charge < -0.3 is 8.91 Å².